The molecule has 3 rings (SSSR count). The van der Waals surface area contributed by atoms with Gasteiger partial charge in [0.2, 0.25) is 0 Å². The summed E-state index contributed by atoms with van der Waals surface area (Å²) in [4.78, 5) is 22.3. The molecule has 7 nitrogen and oxygen atoms in total. The van der Waals surface area contributed by atoms with Crippen LogP contribution in [0.4, 0.5) is 11.4 Å². The third-order valence-corrected chi connectivity index (χ3v) is 4.31. The number of non-ortho nitro benzene ring substituents is 1. The van der Waals surface area contributed by atoms with E-state index in [1.807, 2.05) is 13.8 Å². The molecule has 0 aliphatic rings. The molecule has 7 heteroatoms. The van der Waals surface area contributed by atoms with E-state index in [4.69, 9.17) is 4.42 Å². The fraction of sp³-hybridized carbons (Fsp3) is 0.211. The summed E-state index contributed by atoms with van der Waals surface area (Å²) in [7, 11) is 0. The number of hydrogen-bond acceptors (Lipinski definition) is 6. The van der Waals surface area contributed by atoms with Crippen molar-refractivity contribution in [2.75, 3.05) is 5.32 Å². The van der Waals surface area contributed by atoms with E-state index in [1.165, 1.54) is 24.3 Å². The van der Waals surface area contributed by atoms with Crippen molar-refractivity contribution >= 4 is 22.3 Å². The van der Waals surface area contributed by atoms with Crippen LogP contribution in [0.2, 0.25) is 0 Å². The number of anilines is 1. The van der Waals surface area contributed by atoms with Crippen LogP contribution in [0.1, 0.15) is 23.6 Å². The number of aromatic hydroxyl groups is 1. The van der Waals surface area contributed by atoms with Gasteiger partial charge in [-0.3, -0.25) is 10.1 Å². The summed E-state index contributed by atoms with van der Waals surface area (Å²) < 4.78 is 5.18. The van der Waals surface area contributed by atoms with Crippen LogP contribution in [0, 0.1) is 17.0 Å². The van der Waals surface area contributed by atoms with E-state index in [1.54, 1.807) is 12.1 Å². The largest absolute Gasteiger partial charge is 0.508 e. The number of nitrogens with one attached hydrogen (secondary N) is 1. The van der Waals surface area contributed by atoms with Gasteiger partial charge < -0.3 is 14.8 Å². The molecule has 0 amide bonds. The highest BCUT2D eigenvalue weighted by atomic mass is 16.6. The summed E-state index contributed by atoms with van der Waals surface area (Å²) >= 11 is 0. The summed E-state index contributed by atoms with van der Waals surface area (Å²) in [5, 5.41) is 24.8. The number of aryl methyl sites for hydroxylation is 2. The van der Waals surface area contributed by atoms with Crippen molar-refractivity contribution in [2.45, 2.75) is 26.8 Å². The van der Waals surface area contributed by atoms with Gasteiger partial charge in [0.15, 0.2) is 0 Å². The van der Waals surface area contributed by atoms with E-state index >= 15 is 0 Å². The molecule has 1 aromatic heterocycles. The fourth-order valence-electron chi connectivity index (χ4n) is 2.84. The van der Waals surface area contributed by atoms with Crippen LogP contribution in [0.3, 0.4) is 0 Å². The Labute approximate surface area is 149 Å². The van der Waals surface area contributed by atoms with E-state index in [-0.39, 0.29) is 18.0 Å². The predicted molar refractivity (Wildman–Crippen MR) is 98.7 cm³/mol. The smallest absolute Gasteiger partial charge is 0.336 e. The molecule has 0 aliphatic heterocycles. The van der Waals surface area contributed by atoms with Gasteiger partial charge >= 0.3 is 5.63 Å². The third-order valence-electron chi connectivity index (χ3n) is 4.31. The molecule has 0 saturated heterocycles. The van der Waals surface area contributed by atoms with E-state index in [0.717, 1.165) is 16.5 Å². The number of hydrogen-bond donors (Lipinski definition) is 2. The number of phenolic OH excluding ortho intramolecular Hbond substituents is 1. The zero-order valence-corrected chi connectivity index (χ0v) is 14.4. The molecule has 0 bridgehead atoms. The van der Waals surface area contributed by atoms with Crippen molar-refractivity contribution in [3.8, 4) is 5.75 Å². The highest BCUT2D eigenvalue weighted by Crippen LogP contribution is 2.28. The fourth-order valence-corrected chi connectivity index (χ4v) is 2.84. The second-order valence-electron chi connectivity index (χ2n) is 6.03. The third kappa shape index (κ3) is 3.37. The lowest BCUT2D eigenvalue weighted by atomic mass is 10.0. The molecule has 2 aromatic carbocycles. The summed E-state index contributed by atoms with van der Waals surface area (Å²) in [6.45, 7) is 4.05. The first kappa shape index (κ1) is 17.5. The summed E-state index contributed by atoms with van der Waals surface area (Å²) in [6, 6.07) is 9.21. The number of rotatable bonds is 5. The number of fused-ring (bicyclic) bond motifs is 1. The Kier molecular flexibility index (Phi) is 4.62. The molecule has 2 N–H and O–H groups in total. The maximum Gasteiger partial charge on any atom is 0.336 e. The van der Waals surface area contributed by atoms with Crippen LogP contribution in [-0.2, 0) is 13.0 Å². The molecule has 3 aromatic rings. The average Bonchev–Trinajstić information content (AvgIpc) is 2.59. The molecular formula is C19H18N2O5. The predicted octanol–water partition coefficient (Wildman–Crippen LogP) is 3.89. The number of phenols is 1. The minimum Gasteiger partial charge on any atom is -0.508 e. The molecule has 0 atom stereocenters. The molecule has 0 fully saturated rings. The number of nitro benzene ring substituents is 1. The summed E-state index contributed by atoms with van der Waals surface area (Å²) in [5.74, 6) is 0.0859. The Morgan fingerprint density at radius 2 is 1.96 bits per heavy atom. The maximum atomic E-state index is 11.8. The lowest BCUT2D eigenvalue weighted by Crippen LogP contribution is -2.07. The van der Waals surface area contributed by atoms with E-state index < -0.39 is 10.5 Å². The lowest BCUT2D eigenvalue weighted by molar-refractivity contribution is -0.384. The molecule has 0 saturated carbocycles. The zero-order chi connectivity index (χ0) is 18.8. The van der Waals surface area contributed by atoms with Crippen LogP contribution in [0.15, 0.2) is 45.6 Å². The van der Waals surface area contributed by atoms with Crippen molar-refractivity contribution in [1.29, 1.82) is 0 Å². The first-order valence-corrected chi connectivity index (χ1v) is 8.16. The summed E-state index contributed by atoms with van der Waals surface area (Å²) in [5.41, 5.74) is 2.70. The Morgan fingerprint density at radius 1 is 1.19 bits per heavy atom. The van der Waals surface area contributed by atoms with Gasteiger partial charge in [0.25, 0.3) is 5.69 Å². The highest BCUT2D eigenvalue weighted by Gasteiger charge is 2.12. The van der Waals surface area contributed by atoms with Gasteiger partial charge in [-0.25, -0.2) is 4.79 Å². The van der Waals surface area contributed by atoms with Crippen LogP contribution in [0.25, 0.3) is 11.0 Å². The van der Waals surface area contributed by atoms with Gasteiger partial charge in [0, 0.05) is 41.9 Å². The maximum absolute atomic E-state index is 11.8. The molecule has 1 heterocycles. The molecule has 0 unspecified atom stereocenters. The van der Waals surface area contributed by atoms with Crippen LogP contribution >= 0.6 is 0 Å². The number of nitrogens with zero attached hydrogens (tertiary/aromatic N) is 1. The zero-order valence-electron chi connectivity index (χ0n) is 14.4. The van der Waals surface area contributed by atoms with Gasteiger partial charge in [-0.15, -0.1) is 0 Å². The summed E-state index contributed by atoms with van der Waals surface area (Å²) in [6.07, 6.45) is 0.637. The lowest BCUT2D eigenvalue weighted by Gasteiger charge is -2.12. The van der Waals surface area contributed by atoms with Crippen molar-refractivity contribution in [3.05, 3.63) is 73.6 Å². The first-order valence-electron chi connectivity index (χ1n) is 8.16. The normalized spacial score (nSPS) is 10.8. The Hall–Kier alpha value is -3.35. The molecular weight excluding hydrogens is 336 g/mol. The standard InChI is InChI=1S/C19H18N2O5/c1-3-12-6-15-13(7-19(23)26-18(15)9-17(12)22)10-20-16-8-14(21(24)25)5-4-11(16)2/h4-9,20,22H,3,10H2,1-2H3. The van der Waals surface area contributed by atoms with E-state index in [9.17, 15) is 20.0 Å². The van der Waals surface area contributed by atoms with E-state index in [2.05, 4.69) is 5.32 Å². The number of nitro groups is 1. The number of benzene rings is 2. The topological polar surface area (TPSA) is 106 Å². The Morgan fingerprint density at radius 3 is 2.65 bits per heavy atom. The van der Waals surface area contributed by atoms with Gasteiger partial charge in [-0.05, 0) is 36.1 Å². The Balaban J connectivity index is 2.00. The second kappa shape index (κ2) is 6.87. The van der Waals surface area contributed by atoms with Crippen molar-refractivity contribution in [2.24, 2.45) is 0 Å². The van der Waals surface area contributed by atoms with Gasteiger partial charge in [-0.2, -0.15) is 0 Å². The Bertz CT molecular complexity index is 1060. The highest BCUT2D eigenvalue weighted by molar-refractivity contribution is 5.83. The average molecular weight is 354 g/mol. The first-order chi connectivity index (χ1) is 12.4. The molecule has 0 radical (unpaired) electrons. The quantitative estimate of drug-likeness (QED) is 0.409. The molecule has 0 aliphatic carbocycles. The molecule has 134 valence electrons. The molecule has 26 heavy (non-hydrogen) atoms. The monoisotopic (exact) mass is 354 g/mol. The molecule has 0 spiro atoms. The van der Waals surface area contributed by atoms with Gasteiger partial charge in [0.1, 0.15) is 11.3 Å². The van der Waals surface area contributed by atoms with Crippen LogP contribution < -0.4 is 10.9 Å². The second-order valence-corrected chi connectivity index (χ2v) is 6.03. The van der Waals surface area contributed by atoms with Crippen molar-refractivity contribution in [3.63, 3.8) is 0 Å². The van der Waals surface area contributed by atoms with Gasteiger partial charge in [0.05, 0.1) is 4.92 Å². The minimum atomic E-state index is -0.520. The van der Waals surface area contributed by atoms with Gasteiger partial charge in [-0.1, -0.05) is 13.0 Å². The van der Waals surface area contributed by atoms with Crippen molar-refractivity contribution < 1.29 is 14.4 Å². The van der Waals surface area contributed by atoms with E-state index in [0.29, 0.717) is 23.3 Å². The SMILES string of the molecule is CCc1cc2c(CNc3cc([N+](=O)[O-])ccc3C)cc(=O)oc2cc1O. The minimum absolute atomic E-state index is 0.00581. The van der Waals surface area contributed by atoms with Crippen molar-refractivity contribution in [1.82, 2.24) is 0 Å². The van der Waals surface area contributed by atoms with Crippen LogP contribution in [-0.4, -0.2) is 10.0 Å². The van der Waals surface area contributed by atoms with Crippen LogP contribution in [0.5, 0.6) is 5.75 Å².